The number of carbonyl (C=O) groups excluding carboxylic acids is 2. The SMILES string of the molecule is CN(CC(=O)NC(C)(C)C)C(=O)c1cccc2[nH]ccc12. The molecule has 0 aliphatic heterocycles. The summed E-state index contributed by atoms with van der Waals surface area (Å²) in [5, 5.41) is 3.72. The lowest BCUT2D eigenvalue weighted by Gasteiger charge is -2.23. The molecule has 0 unspecified atom stereocenters. The van der Waals surface area contributed by atoms with Crippen molar-refractivity contribution in [2.75, 3.05) is 13.6 Å². The number of benzene rings is 1. The molecule has 0 radical (unpaired) electrons. The van der Waals surface area contributed by atoms with Gasteiger partial charge < -0.3 is 15.2 Å². The third kappa shape index (κ3) is 3.62. The van der Waals surface area contributed by atoms with Gasteiger partial charge in [-0.1, -0.05) is 6.07 Å². The van der Waals surface area contributed by atoms with Gasteiger partial charge in [-0.25, -0.2) is 0 Å². The van der Waals surface area contributed by atoms with E-state index >= 15 is 0 Å². The van der Waals surface area contributed by atoms with Crippen LogP contribution in [-0.2, 0) is 4.79 Å². The maximum absolute atomic E-state index is 12.5. The molecule has 5 heteroatoms. The monoisotopic (exact) mass is 287 g/mol. The molecule has 5 nitrogen and oxygen atoms in total. The summed E-state index contributed by atoms with van der Waals surface area (Å²) in [4.78, 5) is 28.9. The minimum atomic E-state index is -0.304. The van der Waals surface area contributed by atoms with Crippen LogP contribution in [-0.4, -0.2) is 40.8 Å². The molecule has 2 amide bonds. The van der Waals surface area contributed by atoms with E-state index in [9.17, 15) is 9.59 Å². The van der Waals surface area contributed by atoms with Crippen LogP contribution >= 0.6 is 0 Å². The van der Waals surface area contributed by atoms with Gasteiger partial charge in [-0.05, 0) is 39.0 Å². The molecule has 1 heterocycles. The number of hydrogen-bond donors (Lipinski definition) is 2. The Morgan fingerprint density at radius 3 is 2.62 bits per heavy atom. The molecule has 112 valence electrons. The molecule has 2 rings (SSSR count). The van der Waals surface area contributed by atoms with E-state index in [1.54, 1.807) is 19.3 Å². The molecule has 2 aromatic rings. The lowest BCUT2D eigenvalue weighted by molar-refractivity contribution is -0.122. The second-order valence-electron chi connectivity index (χ2n) is 6.20. The first-order valence-electron chi connectivity index (χ1n) is 6.90. The van der Waals surface area contributed by atoms with Crippen LogP contribution in [0.1, 0.15) is 31.1 Å². The first kappa shape index (κ1) is 15.1. The summed E-state index contributed by atoms with van der Waals surface area (Å²) in [6, 6.07) is 7.38. The van der Waals surface area contributed by atoms with Crippen molar-refractivity contribution in [3.63, 3.8) is 0 Å². The lowest BCUT2D eigenvalue weighted by Crippen LogP contribution is -2.46. The molecule has 1 aromatic heterocycles. The summed E-state index contributed by atoms with van der Waals surface area (Å²) in [5.41, 5.74) is 1.20. The number of aromatic amines is 1. The number of fused-ring (bicyclic) bond motifs is 1. The summed E-state index contributed by atoms with van der Waals surface area (Å²) in [7, 11) is 1.63. The summed E-state index contributed by atoms with van der Waals surface area (Å²) in [6.45, 7) is 5.77. The average molecular weight is 287 g/mol. The van der Waals surface area contributed by atoms with Crippen molar-refractivity contribution >= 4 is 22.7 Å². The van der Waals surface area contributed by atoms with E-state index in [4.69, 9.17) is 0 Å². The lowest BCUT2D eigenvalue weighted by atomic mass is 10.1. The zero-order chi connectivity index (χ0) is 15.6. The smallest absolute Gasteiger partial charge is 0.254 e. The number of hydrogen-bond acceptors (Lipinski definition) is 2. The van der Waals surface area contributed by atoms with E-state index in [1.807, 2.05) is 39.0 Å². The van der Waals surface area contributed by atoms with Gasteiger partial charge in [-0.15, -0.1) is 0 Å². The van der Waals surface area contributed by atoms with Crippen LogP contribution in [0.3, 0.4) is 0 Å². The number of carbonyl (C=O) groups is 2. The molecule has 0 saturated heterocycles. The van der Waals surface area contributed by atoms with E-state index in [1.165, 1.54) is 4.90 Å². The molecule has 0 bridgehead atoms. The van der Waals surface area contributed by atoms with Gasteiger partial charge in [0.05, 0.1) is 6.54 Å². The normalized spacial score (nSPS) is 11.4. The number of amides is 2. The molecule has 0 fully saturated rings. The fourth-order valence-corrected chi connectivity index (χ4v) is 2.22. The topological polar surface area (TPSA) is 65.2 Å². The van der Waals surface area contributed by atoms with Crippen molar-refractivity contribution in [2.45, 2.75) is 26.3 Å². The van der Waals surface area contributed by atoms with Crippen LogP contribution in [0, 0.1) is 0 Å². The van der Waals surface area contributed by atoms with Crippen LogP contribution in [0.5, 0.6) is 0 Å². The molecule has 0 atom stereocenters. The number of aromatic nitrogens is 1. The largest absolute Gasteiger partial charge is 0.361 e. The maximum atomic E-state index is 12.5. The fraction of sp³-hybridized carbons (Fsp3) is 0.375. The highest BCUT2D eigenvalue weighted by Crippen LogP contribution is 2.18. The molecule has 21 heavy (non-hydrogen) atoms. The Kier molecular flexibility index (Phi) is 4.02. The van der Waals surface area contributed by atoms with Gasteiger partial charge in [-0.2, -0.15) is 0 Å². The van der Waals surface area contributed by atoms with E-state index in [0.29, 0.717) is 5.56 Å². The summed E-state index contributed by atoms with van der Waals surface area (Å²) in [6.07, 6.45) is 1.80. The second kappa shape index (κ2) is 5.60. The first-order valence-corrected chi connectivity index (χ1v) is 6.90. The second-order valence-corrected chi connectivity index (χ2v) is 6.20. The Morgan fingerprint density at radius 1 is 1.24 bits per heavy atom. The van der Waals surface area contributed by atoms with E-state index in [2.05, 4.69) is 10.3 Å². The van der Waals surface area contributed by atoms with Crippen molar-refractivity contribution in [1.82, 2.24) is 15.2 Å². The molecule has 1 aromatic carbocycles. The maximum Gasteiger partial charge on any atom is 0.254 e. The van der Waals surface area contributed by atoms with Gasteiger partial charge >= 0.3 is 0 Å². The number of nitrogens with one attached hydrogen (secondary N) is 2. The molecular weight excluding hydrogens is 266 g/mol. The summed E-state index contributed by atoms with van der Waals surface area (Å²) in [5.74, 6) is -0.330. The van der Waals surface area contributed by atoms with Crippen molar-refractivity contribution in [3.05, 3.63) is 36.0 Å². The molecule has 0 aliphatic rings. The quantitative estimate of drug-likeness (QED) is 0.908. The van der Waals surface area contributed by atoms with Crippen molar-refractivity contribution in [2.24, 2.45) is 0 Å². The Balaban J connectivity index is 2.13. The molecule has 2 N–H and O–H groups in total. The van der Waals surface area contributed by atoms with Crippen molar-refractivity contribution < 1.29 is 9.59 Å². The molecule has 0 aliphatic carbocycles. The Hall–Kier alpha value is -2.30. The standard InChI is InChI=1S/C16H21N3O2/c1-16(2,3)18-14(20)10-19(4)15(21)12-6-5-7-13-11(12)8-9-17-13/h5-9,17H,10H2,1-4H3,(H,18,20). The number of likely N-dealkylation sites (N-methyl/N-ethyl adjacent to an activating group) is 1. The number of nitrogens with zero attached hydrogens (tertiary/aromatic N) is 1. The van der Waals surface area contributed by atoms with Crippen LogP contribution in [0.2, 0.25) is 0 Å². The number of H-pyrrole nitrogens is 1. The molecule has 0 spiro atoms. The zero-order valence-corrected chi connectivity index (χ0v) is 12.9. The minimum absolute atomic E-state index is 0.0386. The highest BCUT2D eigenvalue weighted by molar-refractivity contribution is 6.07. The third-order valence-corrected chi connectivity index (χ3v) is 3.07. The third-order valence-electron chi connectivity index (χ3n) is 3.07. The predicted molar refractivity (Wildman–Crippen MR) is 83.2 cm³/mol. The van der Waals surface area contributed by atoms with Crippen LogP contribution in [0.25, 0.3) is 10.9 Å². The highest BCUT2D eigenvalue weighted by Gasteiger charge is 2.20. The van der Waals surface area contributed by atoms with Gasteiger partial charge in [0.1, 0.15) is 0 Å². The fourth-order valence-electron chi connectivity index (χ4n) is 2.22. The summed E-state index contributed by atoms with van der Waals surface area (Å²) >= 11 is 0. The number of rotatable bonds is 3. The highest BCUT2D eigenvalue weighted by atomic mass is 16.2. The van der Waals surface area contributed by atoms with Crippen molar-refractivity contribution in [1.29, 1.82) is 0 Å². The van der Waals surface area contributed by atoms with Gasteiger partial charge in [-0.3, -0.25) is 9.59 Å². The molecular formula is C16H21N3O2. The predicted octanol–water partition coefficient (Wildman–Crippen LogP) is 2.15. The average Bonchev–Trinajstić information content (AvgIpc) is 2.83. The van der Waals surface area contributed by atoms with Gasteiger partial charge in [0.25, 0.3) is 5.91 Å². The van der Waals surface area contributed by atoms with E-state index < -0.39 is 0 Å². The van der Waals surface area contributed by atoms with Crippen LogP contribution in [0.15, 0.2) is 30.5 Å². The Morgan fingerprint density at radius 2 is 1.95 bits per heavy atom. The van der Waals surface area contributed by atoms with E-state index in [0.717, 1.165) is 10.9 Å². The van der Waals surface area contributed by atoms with E-state index in [-0.39, 0.29) is 23.9 Å². The zero-order valence-electron chi connectivity index (χ0n) is 12.9. The minimum Gasteiger partial charge on any atom is -0.361 e. The van der Waals surface area contributed by atoms with Gasteiger partial charge in [0.2, 0.25) is 5.91 Å². The summed E-state index contributed by atoms with van der Waals surface area (Å²) < 4.78 is 0. The van der Waals surface area contributed by atoms with Crippen LogP contribution in [0.4, 0.5) is 0 Å². The first-order chi connectivity index (χ1) is 9.78. The van der Waals surface area contributed by atoms with Gasteiger partial charge in [0.15, 0.2) is 0 Å². The Labute approximate surface area is 124 Å². The van der Waals surface area contributed by atoms with Gasteiger partial charge in [0, 0.05) is 35.2 Å². The van der Waals surface area contributed by atoms with Crippen molar-refractivity contribution in [3.8, 4) is 0 Å². The Bertz CT molecular complexity index is 667. The molecule has 0 saturated carbocycles. The van der Waals surface area contributed by atoms with Crippen LogP contribution < -0.4 is 5.32 Å².